The monoisotopic (exact) mass is 225 g/mol. The molecule has 3 N–H and O–H groups in total. The van der Waals surface area contributed by atoms with Crippen molar-refractivity contribution in [1.82, 2.24) is 0 Å². The Morgan fingerprint density at radius 3 is 2.69 bits per heavy atom. The highest BCUT2D eigenvalue weighted by Crippen LogP contribution is 2.24. The van der Waals surface area contributed by atoms with Crippen molar-refractivity contribution in [2.24, 2.45) is 0 Å². The third kappa shape index (κ3) is 2.50. The molecule has 1 atom stereocenters. The highest BCUT2D eigenvalue weighted by Gasteiger charge is 2.19. The molecule has 1 aromatic carbocycles. The van der Waals surface area contributed by atoms with Crippen LogP contribution in [0.15, 0.2) is 18.2 Å². The van der Waals surface area contributed by atoms with Crippen LogP contribution in [0.1, 0.15) is 11.7 Å². The number of ether oxygens (including phenoxy) is 2. The first-order valence-electron chi connectivity index (χ1n) is 4.70. The number of methoxy groups -OCH3 is 2. The fourth-order valence-electron chi connectivity index (χ4n) is 1.33. The van der Waals surface area contributed by atoms with Crippen molar-refractivity contribution in [1.29, 1.82) is 0 Å². The first kappa shape index (κ1) is 12.5. The molecule has 16 heavy (non-hydrogen) atoms. The molecule has 88 valence electrons. The van der Waals surface area contributed by atoms with Crippen molar-refractivity contribution in [3.05, 3.63) is 30.8 Å². The lowest BCUT2D eigenvalue weighted by atomic mass is 10.1. The van der Waals surface area contributed by atoms with E-state index in [0.717, 1.165) is 0 Å². The fourth-order valence-corrected chi connectivity index (χ4v) is 1.33. The van der Waals surface area contributed by atoms with Crippen LogP contribution in [0.2, 0.25) is 0 Å². The van der Waals surface area contributed by atoms with Crippen LogP contribution in [0.3, 0.4) is 0 Å². The number of aliphatic hydroxyl groups excluding tert-OH is 1. The van der Waals surface area contributed by atoms with Crippen LogP contribution < -0.4 is 10.1 Å². The summed E-state index contributed by atoms with van der Waals surface area (Å²) in [6.45, 7) is 0. The number of rotatable bonds is 4. The minimum atomic E-state index is -1.28. The number of carbonyl (C=O) groups excluding carboxylic acids is 1. The minimum Gasteiger partial charge on any atom is -0.491 e. The van der Waals surface area contributed by atoms with E-state index in [9.17, 15) is 9.90 Å². The van der Waals surface area contributed by atoms with Crippen molar-refractivity contribution < 1.29 is 24.7 Å². The molecule has 0 aliphatic heterocycles. The molecule has 0 bridgehead atoms. The highest BCUT2D eigenvalue weighted by molar-refractivity contribution is 5.76. The maximum Gasteiger partial charge on any atom is 0.339 e. The number of carbonyl (C=O) groups is 1. The molecule has 1 unspecified atom stereocenters. The van der Waals surface area contributed by atoms with Gasteiger partial charge in [-0.1, -0.05) is 6.07 Å². The summed E-state index contributed by atoms with van der Waals surface area (Å²) in [6.07, 6.45) is -1.28. The predicted octanol–water partition coefficient (Wildman–Crippen LogP) is -0.112. The zero-order valence-corrected chi connectivity index (χ0v) is 9.27. The number of aliphatic hydroxyl groups is 1. The van der Waals surface area contributed by atoms with Crippen molar-refractivity contribution in [3.63, 3.8) is 0 Å². The van der Waals surface area contributed by atoms with E-state index < -0.39 is 12.1 Å². The fraction of sp³-hybridized carbons (Fsp3) is 0.273. The lowest BCUT2D eigenvalue weighted by Gasteiger charge is -2.12. The smallest absolute Gasteiger partial charge is 0.339 e. The first-order chi connectivity index (χ1) is 7.63. The Kier molecular flexibility index (Phi) is 4.28. The second-order valence-electron chi connectivity index (χ2n) is 3.13. The Bertz CT molecular complexity index is 378. The van der Waals surface area contributed by atoms with E-state index in [4.69, 9.17) is 4.74 Å². The van der Waals surface area contributed by atoms with Gasteiger partial charge in [0.25, 0.3) is 0 Å². The number of benzene rings is 1. The van der Waals surface area contributed by atoms with E-state index in [2.05, 4.69) is 11.8 Å². The van der Waals surface area contributed by atoms with Crippen LogP contribution in [-0.4, -0.2) is 25.3 Å². The van der Waals surface area contributed by atoms with Gasteiger partial charge in [0.05, 0.1) is 14.2 Å². The SMILES string of the molecule is [CH2-][NH2+]c1cc(C(O)C(=O)OC)ccc1OC. The van der Waals surface area contributed by atoms with Gasteiger partial charge in [-0.2, -0.15) is 0 Å². The topological polar surface area (TPSA) is 72.4 Å². The van der Waals surface area contributed by atoms with Crippen molar-refractivity contribution in [2.45, 2.75) is 6.10 Å². The summed E-state index contributed by atoms with van der Waals surface area (Å²) in [5.41, 5.74) is 1.16. The Hall–Kier alpha value is -1.59. The van der Waals surface area contributed by atoms with E-state index in [0.29, 0.717) is 17.0 Å². The normalized spacial score (nSPS) is 12.0. The van der Waals surface area contributed by atoms with Crippen molar-refractivity contribution in [3.8, 4) is 5.75 Å². The molecule has 0 fully saturated rings. The van der Waals surface area contributed by atoms with Crippen LogP contribution in [0.4, 0.5) is 5.69 Å². The van der Waals surface area contributed by atoms with Gasteiger partial charge in [-0.25, -0.2) is 4.79 Å². The number of nitrogens with two attached hydrogens (primary N) is 1. The van der Waals surface area contributed by atoms with Gasteiger partial charge in [-0.05, 0) is 11.6 Å². The zero-order valence-electron chi connectivity index (χ0n) is 9.27. The maximum absolute atomic E-state index is 11.1. The Labute approximate surface area is 94.0 Å². The average Bonchev–Trinajstić information content (AvgIpc) is 2.35. The molecule has 0 aliphatic carbocycles. The molecule has 0 saturated heterocycles. The quantitative estimate of drug-likeness (QED) is 0.426. The summed E-state index contributed by atoms with van der Waals surface area (Å²) >= 11 is 0. The highest BCUT2D eigenvalue weighted by atomic mass is 16.5. The third-order valence-electron chi connectivity index (χ3n) is 2.21. The molecule has 1 aromatic rings. The molecule has 0 aliphatic rings. The van der Waals surface area contributed by atoms with Gasteiger partial charge in [0.15, 0.2) is 11.9 Å². The van der Waals surface area contributed by atoms with Gasteiger partial charge in [0.2, 0.25) is 0 Å². The van der Waals surface area contributed by atoms with Gasteiger partial charge < -0.3 is 19.9 Å². The Balaban J connectivity index is 3.03. The second kappa shape index (κ2) is 5.48. The minimum absolute atomic E-state index is 0.447. The summed E-state index contributed by atoms with van der Waals surface area (Å²) in [5, 5.41) is 11.2. The summed E-state index contributed by atoms with van der Waals surface area (Å²) in [7, 11) is 6.39. The Morgan fingerprint density at radius 2 is 2.19 bits per heavy atom. The third-order valence-corrected chi connectivity index (χ3v) is 2.21. The molecule has 0 amide bonds. The van der Waals surface area contributed by atoms with Gasteiger partial charge in [-0.3, -0.25) is 0 Å². The number of hydrogen-bond acceptors (Lipinski definition) is 4. The number of hydrogen-bond donors (Lipinski definition) is 2. The van der Waals surface area contributed by atoms with Crippen LogP contribution in [-0.2, 0) is 9.53 Å². The van der Waals surface area contributed by atoms with E-state index in [1.54, 1.807) is 30.6 Å². The summed E-state index contributed by atoms with van der Waals surface area (Å²) < 4.78 is 9.54. The van der Waals surface area contributed by atoms with Gasteiger partial charge >= 0.3 is 5.97 Å². The maximum atomic E-state index is 11.1. The van der Waals surface area contributed by atoms with Crippen molar-refractivity contribution in [2.75, 3.05) is 14.2 Å². The molecule has 0 aromatic heterocycles. The number of quaternary nitrogens is 1. The standard InChI is InChI=1S/C11H15NO4/c1-12-8-6-7(4-5-9(8)15-2)10(13)11(14)16-3/h4-6,10,13H,1,12H2,2-3H3. The summed E-state index contributed by atoms with van der Waals surface area (Å²) in [4.78, 5) is 11.1. The molecule has 0 radical (unpaired) electrons. The first-order valence-corrected chi connectivity index (χ1v) is 4.70. The predicted molar refractivity (Wildman–Crippen MR) is 56.9 cm³/mol. The summed E-state index contributed by atoms with van der Waals surface area (Å²) in [5.74, 6) is -0.0593. The zero-order chi connectivity index (χ0) is 12.1. The molecule has 1 rings (SSSR count). The second-order valence-corrected chi connectivity index (χ2v) is 3.13. The van der Waals surface area contributed by atoms with Gasteiger partial charge in [0, 0.05) is 6.07 Å². The Morgan fingerprint density at radius 1 is 1.50 bits per heavy atom. The van der Waals surface area contributed by atoms with E-state index in [-0.39, 0.29) is 0 Å². The molecule has 5 heteroatoms. The lowest BCUT2D eigenvalue weighted by Crippen LogP contribution is -2.69. The van der Waals surface area contributed by atoms with Gasteiger partial charge in [-0.15, -0.1) is 7.05 Å². The molecule has 5 nitrogen and oxygen atoms in total. The van der Waals surface area contributed by atoms with Crippen molar-refractivity contribution >= 4 is 11.7 Å². The number of esters is 1. The lowest BCUT2D eigenvalue weighted by molar-refractivity contribution is -0.505. The van der Waals surface area contributed by atoms with Crippen LogP contribution in [0, 0.1) is 7.05 Å². The van der Waals surface area contributed by atoms with E-state index in [1.165, 1.54) is 7.11 Å². The van der Waals surface area contributed by atoms with Crippen LogP contribution >= 0.6 is 0 Å². The van der Waals surface area contributed by atoms with Crippen LogP contribution in [0.5, 0.6) is 5.75 Å². The molecule has 0 saturated carbocycles. The van der Waals surface area contributed by atoms with E-state index in [1.807, 2.05) is 0 Å². The largest absolute Gasteiger partial charge is 0.491 e. The molecular formula is C11H15NO4. The molecule has 0 spiro atoms. The average molecular weight is 225 g/mol. The molecule has 0 heterocycles. The van der Waals surface area contributed by atoms with Gasteiger partial charge in [0.1, 0.15) is 5.69 Å². The van der Waals surface area contributed by atoms with E-state index >= 15 is 0 Å². The summed E-state index contributed by atoms with van der Waals surface area (Å²) in [6, 6.07) is 4.90. The molecular weight excluding hydrogens is 210 g/mol. The van der Waals surface area contributed by atoms with Crippen LogP contribution in [0.25, 0.3) is 0 Å².